The minimum atomic E-state index is -0.863. The number of imide groups is 1. The number of urea groups is 1. The maximum Gasteiger partial charge on any atom is 0.325 e. The van der Waals surface area contributed by atoms with Crippen molar-refractivity contribution in [3.8, 4) is 0 Å². The molecule has 0 spiro atoms. The zero-order valence-corrected chi connectivity index (χ0v) is 14.1. The van der Waals surface area contributed by atoms with Crippen LogP contribution in [0.4, 0.5) is 10.5 Å². The number of carbonyl (C=O) groups excluding carboxylic acids is 3. The molecule has 4 N–H and O–H groups in total. The second kappa shape index (κ2) is 7.33. The lowest BCUT2D eigenvalue weighted by atomic mass is 10.1. The Morgan fingerprint density at radius 1 is 1.25 bits per heavy atom. The van der Waals surface area contributed by atoms with E-state index in [1.54, 1.807) is 13.8 Å². The van der Waals surface area contributed by atoms with Gasteiger partial charge in [-0.3, -0.25) is 14.5 Å². The maximum atomic E-state index is 12.0. The van der Waals surface area contributed by atoms with Crippen LogP contribution in [0.2, 0.25) is 0 Å². The average Bonchev–Trinajstić information content (AvgIpc) is 2.71. The Bertz CT molecular complexity index is 625. The van der Waals surface area contributed by atoms with E-state index in [1.807, 2.05) is 24.3 Å². The predicted octanol–water partition coefficient (Wildman–Crippen LogP) is 1.04. The molecule has 24 heavy (non-hydrogen) atoms. The number of carbonyl (C=O) groups is 3. The Balaban J connectivity index is 1.66. The lowest BCUT2D eigenvalue weighted by Crippen LogP contribution is -2.40. The highest BCUT2D eigenvalue weighted by molar-refractivity contribution is 6.06. The Labute approximate surface area is 141 Å². The van der Waals surface area contributed by atoms with E-state index in [1.165, 1.54) is 4.90 Å². The maximum absolute atomic E-state index is 12.0. The van der Waals surface area contributed by atoms with Crippen LogP contribution in [0.5, 0.6) is 0 Å². The Morgan fingerprint density at radius 2 is 1.92 bits per heavy atom. The van der Waals surface area contributed by atoms with Crippen molar-refractivity contribution in [2.75, 3.05) is 18.8 Å². The van der Waals surface area contributed by atoms with Crippen LogP contribution in [-0.4, -0.2) is 41.4 Å². The van der Waals surface area contributed by atoms with E-state index in [2.05, 4.69) is 10.6 Å². The number of benzene rings is 1. The van der Waals surface area contributed by atoms with Crippen molar-refractivity contribution in [3.63, 3.8) is 0 Å². The molecular formula is C17H24N4O3. The average molecular weight is 332 g/mol. The quantitative estimate of drug-likeness (QED) is 0.512. The number of amides is 4. The molecule has 1 heterocycles. The normalized spacial score (nSPS) is 16.2. The van der Waals surface area contributed by atoms with Crippen LogP contribution < -0.4 is 16.4 Å². The number of nitrogens with zero attached hydrogens (tertiary/aromatic N) is 1. The molecule has 130 valence electrons. The third-order valence-corrected chi connectivity index (χ3v) is 3.95. The molecule has 0 bridgehead atoms. The van der Waals surface area contributed by atoms with Gasteiger partial charge in [-0.2, -0.15) is 0 Å². The summed E-state index contributed by atoms with van der Waals surface area (Å²) in [6.07, 6.45) is 1.45. The van der Waals surface area contributed by atoms with Crippen LogP contribution >= 0.6 is 0 Å². The minimum Gasteiger partial charge on any atom is -0.399 e. The van der Waals surface area contributed by atoms with E-state index in [0.29, 0.717) is 18.7 Å². The molecule has 0 aliphatic carbocycles. The number of hydrogen-bond acceptors (Lipinski definition) is 4. The van der Waals surface area contributed by atoms with Crippen LogP contribution in [0, 0.1) is 0 Å². The Hall–Kier alpha value is -2.57. The molecule has 7 nitrogen and oxygen atoms in total. The standard InChI is InChI=1S/C17H24N4O3/c1-17(2)15(23)21(16(24)20-17)11-3-4-14(22)19-10-9-12-5-7-13(18)8-6-12/h5-8H,3-4,9-11,18H2,1-2H3,(H,19,22)(H,20,24). The fourth-order valence-electron chi connectivity index (χ4n) is 2.54. The Kier molecular flexibility index (Phi) is 5.43. The molecular weight excluding hydrogens is 308 g/mol. The first-order chi connectivity index (χ1) is 11.3. The molecule has 2 rings (SSSR count). The first-order valence-corrected chi connectivity index (χ1v) is 8.05. The molecule has 4 amide bonds. The van der Waals surface area contributed by atoms with Crippen molar-refractivity contribution in [1.29, 1.82) is 0 Å². The van der Waals surface area contributed by atoms with Crippen LogP contribution in [0.1, 0.15) is 32.3 Å². The fourth-order valence-corrected chi connectivity index (χ4v) is 2.54. The summed E-state index contributed by atoms with van der Waals surface area (Å²) >= 11 is 0. The predicted molar refractivity (Wildman–Crippen MR) is 91.1 cm³/mol. The van der Waals surface area contributed by atoms with Crippen LogP contribution in [0.15, 0.2) is 24.3 Å². The third kappa shape index (κ3) is 4.47. The molecule has 1 aromatic rings. The second-order valence-electron chi connectivity index (χ2n) is 6.46. The summed E-state index contributed by atoms with van der Waals surface area (Å²) in [7, 11) is 0. The van der Waals surface area contributed by atoms with E-state index in [0.717, 1.165) is 12.0 Å². The molecule has 0 unspecified atom stereocenters. The highest BCUT2D eigenvalue weighted by Gasteiger charge is 2.43. The van der Waals surface area contributed by atoms with Gasteiger partial charge in [0, 0.05) is 25.2 Å². The van der Waals surface area contributed by atoms with Gasteiger partial charge in [-0.25, -0.2) is 4.79 Å². The fraction of sp³-hybridized carbons (Fsp3) is 0.471. The highest BCUT2D eigenvalue weighted by Crippen LogP contribution is 2.16. The van der Waals surface area contributed by atoms with E-state index in [-0.39, 0.29) is 24.8 Å². The molecule has 1 saturated heterocycles. The zero-order chi connectivity index (χ0) is 17.7. The molecule has 0 atom stereocenters. The molecule has 1 fully saturated rings. The van der Waals surface area contributed by atoms with Crippen molar-refractivity contribution in [2.24, 2.45) is 0 Å². The van der Waals surface area contributed by atoms with Crippen molar-refractivity contribution in [3.05, 3.63) is 29.8 Å². The minimum absolute atomic E-state index is 0.0863. The van der Waals surface area contributed by atoms with Gasteiger partial charge in [-0.15, -0.1) is 0 Å². The summed E-state index contributed by atoms with van der Waals surface area (Å²) in [5.74, 6) is -0.340. The van der Waals surface area contributed by atoms with Gasteiger partial charge in [0.05, 0.1) is 0 Å². The number of anilines is 1. The molecule has 1 aromatic carbocycles. The van der Waals surface area contributed by atoms with E-state index in [9.17, 15) is 14.4 Å². The van der Waals surface area contributed by atoms with Crippen molar-refractivity contribution in [1.82, 2.24) is 15.5 Å². The summed E-state index contributed by atoms with van der Waals surface area (Å²) in [6, 6.07) is 7.13. The molecule has 1 aliphatic rings. The summed E-state index contributed by atoms with van der Waals surface area (Å²) in [6.45, 7) is 4.12. The van der Waals surface area contributed by atoms with Crippen LogP contribution in [0.25, 0.3) is 0 Å². The summed E-state index contributed by atoms with van der Waals surface area (Å²) in [5, 5.41) is 5.45. The van der Waals surface area contributed by atoms with E-state index in [4.69, 9.17) is 5.73 Å². The van der Waals surface area contributed by atoms with E-state index >= 15 is 0 Å². The molecule has 0 radical (unpaired) electrons. The molecule has 1 aliphatic heterocycles. The second-order valence-corrected chi connectivity index (χ2v) is 6.46. The lowest BCUT2D eigenvalue weighted by molar-refractivity contribution is -0.130. The van der Waals surface area contributed by atoms with Crippen molar-refractivity contribution in [2.45, 2.75) is 38.6 Å². The van der Waals surface area contributed by atoms with Gasteiger partial charge in [-0.1, -0.05) is 12.1 Å². The largest absolute Gasteiger partial charge is 0.399 e. The van der Waals surface area contributed by atoms with Gasteiger partial charge < -0.3 is 16.4 Å². The smallest absolute Gasteiger partial charge is 0.325 e. The zero-order valence-electron chi connectivity index (χ0n) is 14.1. The van der Waals surface area contributed by atoms with Gasteiger partial charge in [-0.05, 0) is 44.4 Å². The van der Waals surface area contributed by atoms with Gasteiger partial charge >= 0.3 is 6.03 Å². The summed E-state index contributed by atoms with van der Waals surface area (Å²) in [5.41, 5.74) is 6.57. The number of rotatable bonds is 7. The van der Waals surface area contributed by atoms with E-state index < -0.39 is 11.6 Å². The van der Waals surface area contributed by atoms with Crippen molar-refractivity contribution >= 4 is 23.5 Å². The first-order valence-electron chi connectivity index (χ1n) is 8.05. The van der Waals surface area contributed by atoms with Gasteiger partial charge in [0.1, 0.15) is 5.54 Å². The highest BCUT2D eigenvalue weighted by atomic mass is 16.2. The van der Waals surface area contributed by atoms with Gasteiger partial charge in [0.2, 0.25) is 5.91 Å². The van der Waals surface area contributed by atoms with Crippen LogP contribution in [-0.2, 0) is 16.0 Å². The Morgan fingerprint density at radius 3 is 2.50 bits per heavy atom. The van der Waals surface area contributed by atoms with Crippen molar-refractivity contribution < 1.29 is 14.4 Å². The monoisotopic (exact) mass is 332 g/mol. The molecule has 7 heteroatoms. The lowest BCUT2D eigenvalue weighted by Gasteiger charge is -2.15. The number of nitrogens with one attached hydrogen (secondary N) is 2. The van der Waals surface area contributed by atoms with Crippen LogP contribution in [0.3, 0.4) is 0 Å². The summed E-state index contributed by atoms with van der Waals surface area (Å²) in [4.78, 5) is 36.7. The number of nitrogens with two attached hydrogens (primary N) is 1. The summed E-state index contributed by atoms with van der Waals surface area (Å²) < 4.78 is 0. The SMILES string of the molecule is CC1(C)NC(=O)N(CCCC(=O)NCCc2ccc(N)cc2)C1=O. The molecule has 0 aromatic heterocycles. The first kappa shape index (κ1) is 17.8. The topological polar surface area (TPSA) is 105 Å². The van der Waals surface area contributed by atoms with Gasteiger partial charge in [0.25, 0.3) is 5.91 Å². The number of nitrogen functional groups attached to an aromatic ring is 1. The van der Waals surface area contributed by atoms with Gasteiger partial charge in [0.15, 0.2) is 0 Å². The molecule has 0 saturated carbocycles. The third-order valence-electron chi connectivity index (χ3n) is 3.95. The number of hydrogen-bond donors (Lipinski definition) is 3.